The number of carbonyl (C=O) groups is 1. The van der Waals surface area contributed by atoms with Crippen LogP contribution in [-0.4, -0.2) is 67.0 Å². The van der Waals surface area contributed by atoms with Crippen LogP contribution in [0.3, 0.4) is 0 Å². The third kappa shape index (κ3) is 4.92. The van der Waals surface area contributed by atoms with E-state index in [0.29, 0.717) is 23.3 Å². The molecule has 0 radical (unpaired) electrons. The number of amides is 1. The van der Waals surface area contributed by atoms with Crippen LogP contribution in [0.5, 0.6) is 0 Å². The molecule has 2 fully saturated rings. The summed E-state index contributed by atoms with van der Waals surface area (Å²) in [5.41, 5.74) is 0.127. The molecule has 3 atom stereocenters. The van der Waals surface area contributed by atoms with Gasteiger partial charge in [0.1, 0.15) is 16.2 Å². The van der Waals surface area contributed by atoms with E-state index >= 15 is 0 Å². The average Bonchev–Trinajstić information content (AvgIpc) is 3.45. The van der Waals surface area contributed by atoms with Gasteiger partial charge in [-0.3, -0.25) is 5.10 Å². The van der Waals surface area contributed by atoms with E-state index in [0.717, 1.165) is 42.3 Å². The van der Waals surface area contributed by atoms with Crippen LogP contribution in [0.2, 0.25) is 0 Å². The van der Waals surface area contributed by atoms with Gasteiger partial charge in [-0.25, -0.2) is 9.78 Å². The van der Waals surface area contributed by atoms with E-state index in [-0.39, 0.29) is 30.8 Å². The van der Waals surface area contributed by atoms with Crippen molar-refractivity contribution in [1.29, 1.82) is 0 Å². The summed E-state index contributed by atoms with van der Waals surface area (Å²) < 4.78 is 5.73. The Bertz CT molecular complexity index is 1190. The van der Waals surface area contributed by atoms with Crippen LogP contribution in [0.1, 0.15) is 58.6 Å². The van der Waals surface area contributed by atoms with Gasteiger partial charge in [0.05, 0.1) is 17.7 Å². The molecular weight excluding hydrogens is 466 g/mol. The maximum absolute atomic E-state index is 13.0. The molecule has 0 unspecified atom stereocenters. The molecule has 0 aromatic carbocycles. The summed E-state index contributed by atoms with van der Waals surface area (Å²) in [4.78, 5) is 27.7. The predicted molar refractivity (Wildman–Crippen MR) is 136 cm³/mol. The first kappa shape index (κ1) is 23.8. The lowest BCUT2D eigenvalue weighted by atomic mass is 9.81. The molecule has 5 heterocycles. The highest BCUT2D eigenvalue weighted by Gasteiger charge is 2.44. The minimum absolute atomic E-state index is 0.107. The topological polar surface area (TPSA) is 120 Å². The number of fused-ring (bicyclic) bond motifs is 3. The first-order valence-electron chi connectivity index (χ1n) is 12.1. The third-order valence-electron chi connectivity index (χ3n) is 6.78. The molecule has 35 heavy (non-hydrogen) atoms. The van der Waals surface area contributed by atoms with Crippen molar-refractivity contribution >= 4 is 45.2 Å². The highest BCUT2D eigenvalue weighted by molar-refractivity contribution is 7.16. The Morgan fingerprint density at radius 3 is 2.71 bits per heavy atom. The summed E-state index contributed by atoms with van der Waals surface area (Å²) in [6.07, 6.45) is 4.64. The maximum atomic E-state index is 13.0. The number of rotatable bonds is 5. The second-order valence-corrected chi connectivity index (χ2v) is 11.3. The number of aromatic amines is 1. The summed E-state index contributed by atoms with van der Waals surface area (Å²) >= 11 is 1.57. The number of anilines is 3. The molecule has 11 heteroatoms. The standard InChI is InChI=1S/C24H33N7O3S/c1-24(2,3)34-23(33)31-15-6-5-7-16(31)12-17(11-15)30(4)22-26-20(18-8-9-35-21(18)27-22)25-19-10-14(13-32)28-29-19/h8-10,15-17,32H,5-7,11-13H2,1-4H3,(H2,25,26,27,28,29)/t15-,16+,17-. The van der Waals surface area contributed by atoms with Gasteiger partial charge in [0.15, 0.2) is 5.82 Å². The van der Waals surface area contributed by atoms with Crippen LogP contribution in [0.4, 0.5) is 22.4 Å². The SMILES string of the molecule is CN(c1nc(Nc2cc(CO)[nH]n2)c2ccsc2n1)[C@@H]1C[C@H]2CCC[C@@H](C1)N2C(=O)OC(C)(C)C. The lowest BCUT2D eigenvalue weighted by Crippen LogP contribution is -2.59. The van der Waals surface area contributed by atoms with Crippen LogP contribution in [-0.2, 0) is 11.3 Å². The zero-order chi connectivity index (χ0) is 24.7. The molecule has 0 saturated carbocycles. The molecular formula is C24H33N7O3S. The number of H-pyrrole nitrogens is 1. The lowest BCUT2D eigenvalue weighted by molar-refractivity contribution is -0.0214. The lowest BCUT2D eigenvalue weighted by Gasteiger charge is -2.50. The number of nitrogens with zero attached hydrogens (tertiary/aromatic N) is 5. The molecule has 2 aliphatic heterocycles. The predicted octanol–water partition coefficient (Wildman–Crippen LogP) is 4.41. The Hall–Kier alpha value is -2.92. The van der Waals surface area contributed by atoms with Crippen molar-refractivity contribution < 1.29 is 14.6 Å². The van der Waals surface area contributed by atoms with Crippen molar-refractivity contribution in [2.75, 3.05) is 17.3 Å². The fraction of sp³-hybridized carbons (Fsp3) is 0.583. The minimum atomic E-state index is -0.501. The van der Waals surface area contributed by atoms with E-state index in [2.05, 4.69) is 20.4 Å². The first-order valence-corrected chi connectivity index (χ1v) is 13.0. The smallest absolute Gasteiger partial charge is 0.410 e. The fourth-order valence-electron chi connectivity index (χ4n) is 5.17. The summed E-state index contributed by atoms with van der Waals surface area (Å²) in [5.74, 6) is 1.92. The monoisotopic (exact) mass is 499 g/mol. The Kier molecular flexibility index (Phi) is 6.30. The van der Waals surface area contributed by atoms with E-state index in [1.165, 1.54) is 0 Å². The molecule has 2 bridgehead atoms. The minimum Gasteiger partial charge on any atom is -0.444 e. The van der Waals surface area contributed by atoms with Gasteiger partial charge >= 0.3 is 6.09 Å². The Morgan fingerprint density at radius 2 is 2.06 bits per heavy atom. The Morgan fingerprint density at radius 1 is 1.31 bits per heavy atom. The first-order chi connectivity index (χ1) is 16.7. The summed E-state index contributed by atoms with van der Waals surface area (Å²) in [6, 6.07) is 4.30. The van der Waals surface area contributed by atoms with Gasteiger partial charge < -0.3 is 25.0 Å². The summed E-state index contributed by atoms with van der Waals surface area (Å²) in [7, 11) is 2.04. The van der Waals surface area contributed by atoms with E-state index in [1.54, 1.807) is 17.4 Å². The number of hydrogen-bond acceptors (Lipinski definition) is 9. The Labute approximate surface area is 208 Å². The molecule has 3 aromatic rings. The number of aliphatic hydroxyl groups excluding tert-OH is 1. The van der Waals surface area contributed by atoms with Crippen LogP contribution in [0.25, 0.3) is 10.2 Å². The number of piperidine rings is 2. The molecule has 188 valence electrons. The second-order valence-electron chi connectivity index (χ2n) is 10.4. The van der Waals surface area contributed by atoms with Gasteiger partial charge in [-0.1, -0.05) is 0 Å². The van der Waals surface area contributed by atoms with Crippen LogP contribution in [0.15, 0.2) is 17.5 Å². The normalized spacial score (nSPS) is 22.3. The number of ether oxygens (including phenoxy) is 1. The zero-order valence-corrected chi connectivity index (χ0v) is 21.4. The van der Waals surface area contributed by atoms with Crippen molar-refractivity contribution in [1.82, 2.24) is 25.1 Å². The largest absolute Gasteiger partial charge is 0.444 e. The molecule has 5 rings (SSSR count). The maximum Gasteiger partial charge on any atom is 0.410 e. The van der Waals surface area contributed by atoms with Gasteiger partial charge in [0.2, 0.25) is 5.95 Å². The molecule has 10 nitrogen and oxygen atoms in total. The zero-order valence-electron chi connectivity index (χ0n) is 20.6. The second kappa shape index (κ2) is 9.27. The van der Waals surface area contributed by atoms with Crippen LogP contribution in [0, 0.1) is 0 Å². The van der Waals surface area contributed by atoms with Crippen molar-refractivity contribution in [2.24, 2.45) is 0 Å². The molecule has 2 saturated heterocycles. The van der Waals surface area contributed by atoms with E-state index in [1.807, 2.05) is 44.2 Å². The van der Waals surface area contributed by atoms with Crippen LogP contribution < -0.4 is 10.2 Å². The number of aromatic nitrogens is 4. The highest BCUT2D eigenvalue weighted by atomic mass is 32.1. The quantitative estimate of drug-likeness (QED) is 0.472. The van der Waals surface area contributed by atoms with Crippen molar-refractivity contribution in [3.8, 4) is 0 Å². The fourth-order valence-corrected chi connectivity index (χ4v) is 5.93. The van der Waals surface area contributed by atoms with Gasteiger partial charge in [0.25, 0.3) is 0 Å². The number of thiophene rings is 1. The number of hydrogen-bond donors (Lipinski definition) is 3. The average molecular weight is 500 g/mol. The number of nitrogens with one attached hydrogen (secondary N) is 2. The summed E-state index contributed by atoms with van der Waals surface area (Å²) in [6.45, 7) is 5.64. The molecule has 2 aliphatic rings. The molecule has 1 amide bonds. The number of carbonyl (C=O) groups excluding carboxylic acids is 1. The van der Waals surface area contributed by atoms with E-state index < -0.39 is 5.60 Å². The van der Waals surface area contributed by atoms with Crippen LogP contribution >= 0.6 is 11.3 Å². The number of aliphatic hydroxyl groups is 1. The molecule has 0 spiro atoms. The molecule has 3 aromatic heterocycles. The van der Waals surface area contributed by atoms with Gasteiger partial charge in [-0.05, 0) is 64.3 Å². The Balaban J connectivity index is 1.38. The third-order valence-corrected chi connectivity index (χ3v) is 7.58. The highest BCUT2D eigenvalue weighted by Crippen LogP contribution is 2.38. The molecule has 0 aliphatic carbocycles. The van der Waals surface area contributed by atoms with Crippen molar-refractivity contribution in [2.45, 2.75) is 83.2 Å². The summed E-state index contributed by atoms with van der Waals surface area (Å²) in [5, 5.41) is 22.5. The van der Waals surface area contributed by atoms with Gasteiger partial charge in [-0.15, -0.1) is 11.3 Å². The van der Waals surface area contributed by atoms with Crippen molar-refractivity contribution in [3.05, 3.63) is 23.2 Å². The molecule has 3 N–H and O–H groups in total. The van der Waals surface area contributed by atoms with Crippen molar-refractivity contribution in [3.63, 3.8) is 0 Å². The van der Waals surface area contributed by atoms with Gasteiger partial charge in [-0.2, -0.15) is 10.1 Å². The van der Waals surface area contributed by atoms with E-state index in [9.17, 15) is 9.90 Å². The van der Waals surface area contributed by atoms with Gasteiger partial charge in [0, 0.05) is 31.2 Å². The van der Waals surface area contributed by atoms with E-state index in [4.69, 9.17) is 14.7 Å².